The Morgan fingerprint density at radius 2 is 1.30 bits per heavy atom. The zero-order valence-electron chi connectivity index (χ0n) is 30.9. The predicted molar refractivity (Wildman–Crippen MR) is 236 cm³/mol. The van der Waals surface area contributed by atoms with Gasteiger partial charge >= 0.3 is 0 Å². The van der Waals surface area contributed by atoms with Crippen molar-refractivity contribution in [3.05, 3.63) is 193 Å². The molecule has 9 aromatic rings. The van der Waals surface area contributed by atoms with Crippen molar-refractivity contribution in [1.29, 1.82) is 0 Å². The van der Waals surface area contributed by atoms with Crippen LogP contribution in [0.3, 0.4) is 0 Å². The number of para-hydroxylation sites is 2. The van der Waals surface area contributed by atoms with E-state index in [4.69, 9.17) is 9.97 Å². The van der Waals surface area contributed by atoms with Gasteiger partial charge in [-0.25, -0.2) is 9.97 Å². The Labute approximate surface area is 325 Å². The van der Waals surface area contributed by atoms with Crippen LogP contribution in [0.15, 0.2) is 182 Å². The van der Waals surface area contributed by atoms with Gasteiger partial charge in [0.05, 0.1) is 27.9 Å². The van der Waals surface area contributed by atoms with Crippen molar-refractivity contribution in [1.82, 2.24) is 14.5 Å². The molecule has 266 valence electrons. The summed E-state index contributed by atoms with van der Waals surface area (Å²) in [6.07, 6.45) is 18.3. The first-order valence-corrected chi connectivity index (χ1v) is 19.6. The number of aromatic nitrogens is 3. The third-order valence-corrected chi connectivity index (χ3v) is 11.5. The Hall–Kier alpha value is -7.04. The van der Waals surface area contributed by atoms with Crippen LogP contribution in [0.25, 0.3) is 76.9 Å². The van der Waals surface area contributed by atoms with E-state index in [-0.39, 0.29) is 0 Å². The number of nitrogens with zero attached hydrogens (tertiary/aromatic N) is 4. The number of allylic oxidation sites excluding steroid dienone is 7. The lowest BCUT2D eigenvalue weighted by atomic mass is 9.91. The van der Waals surface area contributed by atoms with Gasteiger partial charge < -0.3 is 4.90 Å². The van der Waals surface area contributed by atoms with Gasteiger partial charge in [0, 0.05) is 33.8 Å². The van der Waals surface area contributed by atoms with Gasteiger partial charge in [0.1, 0.15) is 0 Å². The van der Waals surface area contributed by atoms with Crippen LogP contribution < -0.4 is 4.90 Å². The van der Waals surface area contributed by atoms with Crippen molar-refractivity contribution in [2.24, 2.45) is 0 Å². The van der Waals surface area contributed by atoms with Gasteiger partial charge in [-0.05, 0) is 94.1 Å². The summed E-state index contributed by atoms with van der Waals surface area (Å²) in [5, 5.41) is 8.43. The Kier molecular flexibility index (Phi) is 7.73. The second-order valence-corrected chi connectivity index (χ2v) is 14.8. The second kappa shape index (κ2) is 13.4. The smallest absolute Gasteiger partial charge is 0.235 e. The number of rotatable bonds is 4. The Morgan fingerprint density at radius 3 is 2.20 bits per heavy atom. The standard InChI is InChI=1S/C52H38N4/c1-2-15-31-55(40-29-27-35-16-7-8-19-37(35)32-40)51-39(20-4-1)33-46(41-21-9-10-23-44(41)51)38-28-30-43-42-22-12-14-26-48(42)56(49(43)34-38)52-53-47-25-13-11-24-45(47)50(54-52)36-17-5-3-6-18-36/h1-5,7-17,19,21-30,32-34H,6,18,20,31H2/b4-1-,15-2-. The van der Waals surface area contributed by atoms with Gasteiger partial charge in [-0.1, -0.05) is 146 Å². The average Bonchev–Trinajstić information content (AvgIpc) is 3.64. The monoisotopic (exact) mass is 718 g/mol. The van der Waals surface area contributed by atoms with Crippen LogP contribution in [0.4, 0.5) is 11.4 Å². The fraction of sp³-hybridized carbons (Fsp3) is 0.0769. The van der Waals surface area contributed by atoms with Crippen molar-refractivity contribution in [2.75, 3.05) is 11.4 Å². The molecule has 7 aromatic carbocycles. The summed E-state index contributed by atoms with van der Waals surface area (Å²) >= 11 is 0. The molecule has 2 aliphatic rings. The van der Waals surface area contributed by atoms with E-state index in [0.717, 1.165) is 53.4 Å². The van der Waals surface area contributed by atoms with Crippen LogP contribution in [0.2, 0.25) is 0 Å². The van der Waals surface area contributed by atoms with E-state index in [1.807, 2.05) is 0 Å². The lowest BCUT2D eigenvalue weighted by Gasteiger charge is -2.29. The molecule has 4 nitrogen and oxygen atoms in total. The third kappa shape index (κ3) is 5.37. The van der Waals surface area contributed by atoms with Crippen LogP contribution in [-0.4, -0.2) is 21.1 Å². The predicted octanol–water partition coefficient (Wildman–Crippen LogP) is 13.2. The van der Waals surface area contributed by atoms with E-state index in [9.17, 15) is 0 Å². The molecule has 0 spiro atoms. The van der Waals surface area contributed by atoms with Crippen molar-refractivity contribution in [2.45, 2.75) is 19.3 Å². The number of hydrogen-bond acceptors (Lipinski definition) is 3. The molecule has 0 saturated carbocycles. The molecular formula is C52H38N4. The van der Waals surface area contributed by atoms with Gasteiger partial charge in [-0.3, -0.25) is 4.57 Å². The molecule has 4 heteroatoms. The highest BCUT2D eigenvalue weighted by atomic mass is 15.2. The van der Waals surface area contributed by atoms with Gasteiger partial charge in [0.15, 0.2) is 0 Å². The third-order valence-electron chi connectivity index (χ3n) is 11.5. The lowest BCUT2D eigenvalue weighted by Crippen LogP contribution is -2.19. The molecule has 0 fully saturated rings. The Bertz CT molecular complexity index is 3160. The van der Waals surface area contributed by atoms with Crippen molar-refractivity contribution in [3.63, 3.8) is 0 Å². The van der Waals surface area contributed by atoms with E-state index in [1.54, 1.807) is 0 Å². The molecular weight excluding hydrogens is 681 g/mol. The molecule has 11 rings (SSSR count). The van der Waals surface area contributed by atoms with E-state index in [2.05, 4.69) is 192 Å². The normalized spacial score (nSPS) is 15.5. The minimum Gasteiger partial charge on any atom is -0.337 e. The van der Waals surface area contributed by atoms with E-state index < -0.39 is 0 Å². The first-order valence-electron chi connectivity index (χ1n) is 19.6. The quantitative estimate of drug-likeness (QED) is 0.182. The van der Waals surface area contributed by atoms with Crippen LogP contribution in [0, 0.1) is 0 Å². The molecule has 0 atom stereocenters. The summed E-state index contributed by atoms with van der Waals surface area (Å²) in [6, 6.07) is 50.8. The molecule has 0 N–H and O–H groups in total. The molecule has 0 saturated heterocycles. The molecule has 2 aromatic heterocycles. The average molecular weight is 719 g/mol. The van der Waals surface area contributed by atoms with Crippen molar-refractivity contribution in [3.8, 4) is 17.1 Å². The molecule has 0 bridgehead atoms. The van der Waals surface area contributed by atoms with Gasteiger partial charge in [-0.15, -0.1) is 0 Å². The SMILES string of the molecule is C1=CCCC(c2nc(-n3c4ccccc4c4ccc(-c5cc6c(c7ccccc57)N(c5ccc7ccccc7c5)C/C=C\C=C/C6)cc43)nc3ccccc23)=C1. The van der Waals surface area contributed by atoms with Crippen LogP contribution >= 0.6 is 0 Å². The van der Waals surface area contributed by atoms with E-state index >= 15 is 0 Å². The summed E-state index contributed by atoms with van der Waals surface area (Å²) < 4.78 is 2.28. The highest BCUT2D eigenvalue weighted by molar-refractivity contribution is 6.12. The van der Waals surface area contributed by atoms with Gasteiger partial charge in [-0.2, -0.15) is 0 Å². The molecule has 56 heavy (non-hydrogen) atoms. The largest absolute Gasteiger partial charge is 0.337 e. The molecule has 1 aliphatic carbocycles. The highest BCUT2D eigenvalue weighted by Crippen LogP contribution is 2.44. The zero-order chi connectivity index (χ0) is 37.0. The number of benzene rings is 7. The lowest BCUT2D eigenvalue weighted by molar-refractivity contribution is 0.983. The van der Waals surface area contributed by atoms with Gasteiger partial charge in [0.25, 0.3) is 0 Å². The summed E-state index contributed by atoms with van der Waals surface area (Å²) in [7, 11) is 0. The number of fused-ring (bicyclic) bond motifs is 8. The van der Waals surface area contributed by atoms with Gasteiger partial charge in [0.2, 0.25) is 5.95 Å². The number of hydrogen-bond donors (Lipinski definition) is 0. The maximum Gasteiger partial charge on any atom is 0.235 e. The minimum atomic E-state index is 0.695. The van der Waals surface area contributed by atoms with Crippen LogP contribution in [-0.2, 0) is 6.42 Å². The number of anilines is 2. The first-order chi connectivity index (χ1) is 27.8. The van der Waals surface area contributed by atoms with Crippen LogP contribution in [0.1, 0.15) is 24.1 Å². The maximum absolute atomic E-state index is 5.39. The fourth-order valence-electron chi connectivity index (χ4n) is 8.88. The molecule has 0 radical (unpaired) electrons. The molecule has 0 amide bonds. The molecule has 1 aliphatic heterocycles. The maximum atomic E-state index is 5.39. The molecule has 3 heterocycles. The molecule has 0 unspecified atom stereocenters. The zero-order valence-corrected chi connectivity index (χ0v) is 30.9. The highest BCUT2D eigenvalue weighted by Gasteiger charge is 2.22. The summed E-state index contributed by atoms with van der Waals surface area (Å²) in [5.41, 5.74) is 11.5. The second-order valence-electron chi connectivity index (χ2n) is 14.8. The van der Waals surface area contributed by atoms with E-state index in [1.165, 1.54) is 66.0 Å². The first kappa shape index (κ1) is 32.4. The Balaban J connectivity index is 1.14. The minimum absolute atomic E-state index is 0.695. The topological polar surface area (TPSA) is 34.0 Å². The van der Waals surface area contributed by atoms with Crippen molar-refractivity contribution < 1.29 is 0 Å². The fourth-order valence-corrected chi connectivity index (χ4v) is 8.88. The summed E-state index contributed by atoms with van der Waals surface area (Å²) in [5.74, 6) is 0.695. The Morgan fingerprint density at radius 1 is 0.536 bits per heavy atom. The summed E-state index contributed by atoms with van der Waals surface area (Å²) in [4.78, 5) is 13.1. The van der Waals surface area contributed by atoms with Crippen LogP contribution in [0.5, 0.6) is 0 Å². The van der Waals surface area contributed by atoms with Crippen molar-refractivity contribution >= 4 is 71.2 Å². The van der Waals surface area contributed by atoms with E-state index in [0.29, 0.717) is 5.95 Å². The summed E-state index contributed by atoms with van der Waals surface area (Å²) in [6.45, 7) is 0.770.